The summed E-state index contributed by atoms with van der Waals surface area (Å²) in [7, 11) is 0. The third-order valence-corrected chi connectivity index (χ3v) is 17.9. The molecule has 0 fully saturated rings. The number of aromatic nitrogens is 4. The predicted octanol–water partition coefficient (Wildman–Crippen LogP) is 21.6. The van der Waals surface area contributed by atoms with E-state index in [-0.39, 0.29) is 10.8 Å². The van der Waals surface area contributed by atoms with Crippen LogP contribution in [0, 0.1) is 0 Å². The standard InChI is InChI=1S/C80H63N5O/c1-79(2,3)54-41-42-81-75(46-54)85-71-39-19-16-33-68(71)76-73(84-69-37-17-14-31-64(69)65-32-15-18-38-70(65)84)48-58(49-74(76)85)86-57-26-20-25-56(47-57)82-50-83-77-59(53-43-52(51-23-8-7-9-24-51)44-55(45-53)80(4,5)6)34-21-35-66(77)62-29-12-10-27-60(62)61-28-11-13-30-63(61)67-36-22-40-72(82)78(67)83/h7-49H,50H2,1-6H3. The second-order valence-electron chi connectivity index (χ2n) is 25.2. The van der Waals surface area contributed by atoms with E-state index in [1.54, 1.807) is 0 Å². The van der Waals surface area contributed by atoms with E-state index in [2.05, 4.69) is 315 Å². The lowest BCUT2D eigenvalue weighted by atomic mass is 9.83. The molecule has 0 atom stereocenters. The maximum Gasteiger partial charge on any atom is 0.137 e. The van der Waals surface area contributed by atoms with Crippen LogP contribution in [0.15, 0.2) is 261 Å². The number of fused-ring (bicyclic) bond motifs is 13. The highest BCUT2D eigenvalue weighted by Gasteiger charge is 2.28. The zero-order chi connectivity index (χ0) is 58.0. The summed E-state index contributed by atoms with van der Waals surface area (Å²) in [4.78, 5) is 7.59. The molecule has 0 spiro atoms. The second-order valence-corrected chi connectivity index (χ2v) is 25.2. The molecule has 0 radical (unpaired) electrons. The van der Waals surface area contributed by atoms with Gasteiger partial charge in [0.1, 0.15) is 24.0 Å². The molecule has 1 aliphatic rings. The Morgan fingerprint density at radius 1 is 0.360 bits per heavy atom. The molecule has 11 aromatic carbocycles. The average molecular weight is 1110 g/mol. The van der Waals surface area contributed by atoms with E-state index >= 15 is 0 Å². The molecule has 0 saturated heterocycles. The highest BCUT2D eigenvalue weighted by atomic mass is 16.5. The highest BCUT2D eigenvalue weighted by molar-refractivity contribution is 6.22. The fraction of sp³-hybridized carbons (Fsp3) is 0.113. The molecule has 1 aliphatic heterocycles. The van der Waals surface area contributed by atoms with Gasteiger partial charge in [-0.3, -0.25) is 4.57 Å². The summed E-state index contributed by atoms with van der Waals surface area (Å²) in [5.41, 5.74) is 17.0. The van der Waals surface area contributed by atoms with Gasteiger partial charge in [0.15, 0.2) is 0 Å². The molecule has 16 rings (SSSR count). The molecule has 86 heavy (non-hydrogen) atoms. The number of anilines is 2. The minimum absolute atomic E-state index is 0.0833. The van der Waals surface area contributed by atoms with Crippen LogP contribution < -0.4 is 9.64 Å². The third-order valence-electron chi connectivity index (χ3n) is 17.9. The fourth-order valence-electron chi connectivity index (χ4n) is 13.7. The van der Waals surface area contributed by atoms with E-state index in [0.29, 0.717) is 6.67 Å². The van der Waals surface area contributed by atoms with Crippen molar-refractivity contribution in [3.05, 3.63) is 272 Å². The van der Waals surface area contributed by atoms with Crippen LogP contribution in [0.2, 0.25) is 0 Å². The molecule has 0 aliphatic carbocycles. The molecule has 6 heteroatoms. The summed E-state index contributed by atoms with van der Waals surface area (Å²) in [6.45, 7) is 14.3. The summed E-state index contributed by atoms with van der Waals surface area (Å²) < 4.78 is 14.7. The predicted molar refractivity (Wildman–Crippen MR) is 362 cm³/mol. The zero-order valence-electron chi connectivity index (χ0n) is 49.2. The Bertz CT molecular complexity index is 5280. The van der Waals surface area contributed by atoms with Crippen molar-refractivity contribution < 1.29 is 4.74 Å². The van der Waals surface area contributed by atoms with Crippen molar-refractivity contribution in [3.8, 4) is 45.3 Å². The lowest BCUT2D eigenvalue weighted by molar-refractivity contribution is 0.483. The van der Waals surface area contributed by atoms with Crippen LogP contribution in [0.4, 0.5) is 11.4 Å². The Hall–Kier alpha value is -10.4. The van der Waals surface area contributed by atoms with Crippen molar-refractivity contribution in [2.75, 3.05) is 4.90 Å². The van der Waals surface area contributed by atoms with Crippen LogP contribution >= 0.6 is 0 Å². The first-order chi connectivity index (χ1) is 41.9. The number of nitrogens with zero attached hydrogens (tertiary/aromatic N) is 5. The first-order valence-electron chi connectivity index (χ1n) is 30.0. The number of pyridine rings is 1. The summed E-state index contributed by atoms with van der Waals surface area (Å²) in [5, 5.41) is 11.8. The monoisotopic (exact) mass is 1110 g/mol. The van der Waals surface area contributed by atoms with E-state index in [1.807, 2.05) is 6.20 Å². The number of para-hydroxylation sites is 5. The number of hydrogen-bond donors (Lipinski definition) is 0. The van der Waals surface area contributed by atoms with Gasteiger partial charge in [-0.25, -0.2) is 4.98 Å². The molecule has 0 N–H and O–H groups in total. The largest absolute Gasteiger partial charge is 0.457 e. The topological polar surface area (TPSA) is 40.1 Å². The highest BCUT2D eigenvalue weighted by Crippen LogP contribution is 2.48. The lowest BCUT2D eigenvalue weighted by Gasteiger charge is -2.23. The third kappa shape index (κ3) is 8.26. The van der Waals surface area contributed by atoms with Crippen molar-refractivity contribution in [1.29, 1.82) is 0 Å². The molecular formula is C80H63N5O. The van der Waals surface area contributed by atoms with E-state index in [9.17, 15) is 0 Å². The molecule has 414 valence electrons. The van der Waals surface area contributed by atoms with Gasteiger partial charge in [0.05, 0.1) is 44.5 Å². The minimum atomic E-state index is -0.0994. The quantitative estimate of drug-likeness (QED) is 0.160. The fourth-order valence-corrected chi connectivity index (χ4v) is 13.7. The summed E-state index contributed by atoms with van der Waals surface area (Å²) in [5.74, 6) is 2.31. The van der Waals surface area contributed by atoms with E-state index in [1.165, 1.54) is 87.5 Å². The van der Waals surface area contributed by atoms with Crippen molar-refractivity contribution >= 4 is 98.3 Å². The summed E-state index contributed by atoms with van der Waals surface area (Å²) in [6.07, 6.45) is 1.95. The van der Waals surface area contributed by atoms with Crippen LogP contribution in [-0.2, 0) is 17.5 Å². The van der Waals surface area contributed by atoms with E-state index < -0.39 is 0 Å². The summed E-state index contributed by atoms with van der Waals surface area (Å²) in [6, 6.07) is 93.5. The van der Waals surface area contributed by atoms with Crippen molar-refractivity contribution in [2.24, 2.45) is 0 Å². The number of ether oxygens (including phenoxy) is 1. The van der Waals surface area contributed by atoms with E-state index in [4.69, 9.17) is 9.72 Å². The van der Waals surface area contributed by atoms with Gasteiger partial charge in [0.2, 0.25) is 0 Å². The van der Waals surface area contributed by atoms with Gasteiger partial charge >= 0.3 is 0 Å². The molecule has 0 saturated carbocycles. The lowest BCUT2D eigenvalue weighted by Crippen LogP contribution is -2.15. The smallest absolute Gasteiger partial charge is 0.137 e. The van der Waals surface area contributed by atoms with Gasteiger partial charge in [-0.05, 0) is 115 Å². The molecule has 0 unspecified atom stereocenters. The Morgan fingerprint density at radius 3 is 1.57 bits per heavy atom. The number of hydrogen-bond acceptors (Lipinski definition) is 3. The van der Waals surface area contributed by atoms with Crippen LogP contribution in [0.5, 0.6) is 11.5 Å². The Morgan fingerprint density at radius 2 is 0.907 bits per heavy atom. The van der Waals surface area contributed by atoms with Crippen LogP contribution in [-0.4, -0.2) is 18.7 Å². The van der Waals surface area contributed by atoms with Gasteiger partial charge in [-0.1, -0.05) is 224 Å². The molecule has 6 nitrogen and oxygen atoms in total. The van der Waals surface area contributed by atoms with Gasteiger partial charge < -0.3 is 18.8 Å². The number of rotatable bonds is 7. The normalized spacial score (nSPS) is 12.7. The average Bonchev–Trinajstić information content (AvgIpc) is 1.66. The Labute approximate surface area is 500 Å². The molecular weight excluding hydrogens is 1050 g/mol. The zero-order valence-corrected chi connectivity index (χ0v) is 49.2. The van der Waals surface area contributed by atoms with Crippen LogP contribution in [0.3, 0.4) is 0 Å². The maximum atomic E-state index is 7.37. The van der Waals surface area contributed by atoms with Gasteiger partial charge in [-0.15, -0.1) is 0 Å². The Kier molecular flexibility index (Phi) is 11.7. The number of benzene rings is 11. The first-order valence-corrected chi connectivity index (χ1v) is 30.0. The van der Waals surface area contributed by atoms with Crippen LogP contribution in [0.25, 0.3) is 121 Å². The van der Waals surface area contributed by atoms with Crippen molar-refractivity contribution in [1.82, 2.24) is 18.7 Å². The minimum Gasteiger partial charge on any atom is -0.457 e. The molecule has 0 bridgehead atoms. The van der Waals surface area contributed by atoms with Gasteiger partial charge in [0, 0.05) is 68.0 Å². The maximum absolute atomic E-state index is 7.37. The van der Waals surface area contributed by atoms with Gasteiger partial charge in [-0.2, -0.15) is 0 Å². The molecule has 15 aromatic rings. The Balaban J connectivity index is 0.920. The van der Waals surface area contributed by atoms with Crippen LogP contribution in [0.1, 0.15) is 52.7 Å². The SMILES string of the molecule is CC(C)(C)c1cc(-c2ccccc2)cc(-c2cccc3c4ccccc4c4ccccc4c4cccc5c4n(c23)CN5c2cccc(Oc3cc(-n4c5ccccc5c5ccccc54)c4c5ccccc5n(-c5cc(C(C)(C)C)ccn5)c4c3)c2)c1. The summed E-state index contributed by atoms with van der Waals surface area (Å²) >= 11 is 0. The first kappa shape index (κ1) is 51.2. The molecule has 5 heterocycles. The molecule has 4 aromatic heterocycles. The van der Waals surface area contributed by atoms with Crippen molar-refractivity contribution in [3.63, 3.8) is 0 Å². The van der Waals surface area contributed by atoms with Gasteiger partial charge in [0.25, 0.3) is 0 Å². The second kappa shape index (κ2) is 19.6. The van der Waals surface area contributed by atoms with Crippen molar-refractivity contribution in [2.45, 2.75) is 59.0 Å². The van der Waals surface area contributed by atoms with E-state index in [0.717, 1.165) is 67.2 Å². The molecule has 0 amide bonds.